The lowest BCUT2D eigenvalue weighted by atomic mass is 10.0. The van der Waals surface area contributed by atoms with Crippen LogP contribution in [0.5, 0.6) is 5.75 Å². The van der Waals surface area contributed by atoms with Crippen molar-refractivity contribution in [3.63, 3.8) is 0 Å². The van der Waals surface area contributed by atoms with Crippen molar-refractivity contribution in [2.75, 3.05) is 12.8 Å². The summed E-state index contributed by atoms with van der Waals surface area (Å²) >= 11 is 0. The Balaban J connectivity index is 1.91. The van der Waals surface area contributed by atoms with Crippen molar-refractivity contribution in [3.05, 3.63) is 48.5 Å². The summed E-state index contributed by atoms with van der Waals surface area (Å²) in [6.07, 6.45) is 0. The molecule has 5 heteroatoms. The van der Waals surface area contributed by atoms with E-state index < -0.39 is 0 Å². The number of hydrogen-bond acceptors (Lipinski definition) is 5. The fourth-order valence-corrected chi connectivity index (χ4v) is 2.00. The van der Waals surface area contributed by atoms with Crippen LogP contribution < -0.4 is 10.5 Å². The summed E-state index contributed by atoms with van der Waals surface area (Å²) < 4.78 is 9.75. The second kappa shape index (κ2) is 5.05. The molecule has 0 amide bonds. The Bertz CT molecular complexity index is 703. The van der Waals surface area contributed by atoms with E-state index in [-0.39, 0.29) is 0 Å². The molecule has 1 heterocycles. The highest BCUT2D eigenvalue weighted by molar-refractivity contribution is 5.73. The smallest absolute Gasteiger partial charge is 0.196 e. The van der Waals surface area contributed by atoms with E-state index in [2.05, 4.69) is 14.9 Å². The van der Waals surface area contributed by atoms with Gasteiger partial charge in [-0.15, -0.1) is 0 Å². The second-order valence-electron chi connectivity index (χ2n) is 4.30. The van der Waals surface area contributed by atoms with E-state index in [0.29, 0.717) is 11.5 Å². The summed E-state index contributed by atoms with van der Waals surface area (Å²) in [5, 5.41) is 7.35. The predicted molar refractivity (Wildman–Crippen MR) is 76.1 cm³/mol. The van der Waals surface area contributed by atoms with Crippen LogP contribution >= 0.6 is 0 Å². The minimum Gasteiger partial charge on any atom is -0.497 e. The lowest BCUT2D eigenvalue weighted by Crippen LogP contribution is -1.88. The highest BCUT2D eigenvalue weighted by atomic mass is 16.6. The molecule has 3 aromatic rings. The fraction of sp³-hybridized carbons (Fsp3) is 0.0667. The Labute approximate surface area is 116 Å². The van der Waals surface area contributed by atoms with E-state index in [1.807, 2.05) is 48.5 Å². The van der Waals surface area contributed by atoms with E-state index in [4.69, 9.17) is 10.5 Å². The van der Waals surface area contributed by atoms with Gasteiger partial charge in [0.2, 0.25) is 0 Å². The summed E-state index contributed by atoms with van der Waals surface area (Å²) in [5.74, 6) is 1.13. The zero-order chi connectivity index (χ0) is 13.9. The maximum atomic E-state index is 5.67. The van der Waals surface area contributed by atoms with Crippen molar-refractivity contribution in [3.8, 4) is 28.1 Å². The molecule has 0 saturated carbocycles. The Morgan fingerprint density at radius 2 is 1.40 bits per heavy atom. The van der Waals surface area contributed by atoms with Gasteiger partial charge < -0.3 is 10.5 Å². The van der Waals surface area contributed by atoms with Gasteiger partial charge >= 0.3 is 0 Å². The minimum atomic E-state index is 0.294. The van der Waals surface area contributed by atoms with Crippen LogP contribution in [0.25, 0.3) is 22.4 Å². The van der Waals surface area contributed by atoms with E-state index in [1.165, 1.54) is 0 Å². The second-order valence-corrected chi connectivity index (χ2v) is 4.30. The van der Waals surface area contributed by atoms with Crippen molar-refractivity contribution < 1.29 is 9.37 Å². The van der Waals surface area contributed by atoms with Crippen molar-refractivity contribution in [2.24, 2.45) is 0 Å². The zero-order valence-corrected chi connectivity index (χ0v) is 10.9. The van der Waals surface area contributed by atoms with Gasteiger partial charge in [0.25, 0.3) is 0 Å². The molecule has 2 aromatic carbocycles. The van der Waals surface area contributed by atoms with Gasteiger partial charge in [0, 0.05) is 5.56 Å². The topological polar surface area (TPSA) is 74.2 Å². The van der Waals surface area contributed by atoms with Gasteiger partial charge in [-0.05, 0) is 33.6 Å². The van der Waals surface area contributed by atoms with Crippen LogP contribution in [0.3, 0.4) is 0 Å². The zero-order valence-electron chi connectivity index (χ0n) is 10.9. The third kappa shape index (κ3) is 2.21. The maximum Gasteiger partial charge on any atom is 0.196 e. The van der Waals surface area contributed by atoms with Gasteiger partial charge in [0.1, 0.15) is 5.75 Å². The standard InChI is InChI=1S/C15H13N3O2/c1-19-13-8-6-11(7-9-13)10-2-4-12(5-3-10)14-15(16)18-20-17-14/h2-9H,1H3,(H2,16,18). The first-order valence-electron chi connectivity index (χ1n) is 6.11. The monoisotopic (exact) mass is 267 g/mol. The van der Waals surface area contributed by atoms with E-state index >= 15 is 0 Å². The molecule has 20 heavy (non-hydrogen) atoms. The van der Waals surface area contributed by atoms with Crippen LogP contribution in [0.2, 0.25) is 0 Å². The SMILES string of the molecule is COc1ccc(-c2ccc(-c3nonc3N)cc2)cc1. The largest absolute Gasteiger partial charge is 0.497 e. The number of nitrogen functional groups attached to an aromatic ring is 1. The van der Waals surface area contributed by atoms with Gasteiger partial charge in [-0.3, -0.25) is 0 Å². The summed E-state index contributed by atoms with van der Waals surface area (Å²) in [7, 11) is 1.65. The Morgan fingerprint density at radius 1 is 0.850 bits per heavy atom. The molecule has 0 radical (unpaired) electrons. The van der Waals surface area contributed by atoms with Gasteiger partial charge in [-0.2, -0.15) is 0 Å². The molecule has 0 fully saturated rings. The predicted octanol–water partition coefficient (Wildman–Crippen LogP) is 2.99. The van der Waals surface area contributed by atoms with E-state index in [0.717, 1.165) is 22.4 Å². The number of hydrogen-bond donors (Lipinski definition) is 1. The van der Waals surface area contributed by atoms with E-state index in [1.54, 1.807) is 7.11 Å². The molecule has 2 N–H and O–H groups in total. The first kappa shape index (κ1) is 12.2. The molecule has 0 aliphatic carbocycles. The van der Waals surface area contributed by atoms with Crippen LogP contribution in [-0.2, 0) is 0 Å². The third-order valence-electron chi connectivity index (χ3n) is 3.10. The molecule has 0 aliphatic heterocycles. The van der Waals surface area contributed by atoms with Crippen molar-refractivity contribution in [2.45, 2.75) is 0 Å². The number of ether oxygens (including phenoxy) is 1. The molecule has 5 nitrogen and oxygen atoms in total. The summed E-state index contributed by atoms with van der Waals surface area (Å²) in [4.78, 5) is 0. The third-order valence-corrected chi connectivity index (χ3v) is 3.10. The average molecular weight is 267 g/mol. The van der Waals surface area contributed by atoms with Crippen molar-refractivity contribution in [1.82, 2.24) is 10.3 Å². The number of rotatable bonds is 3. The first-order valence-corrected chi connectivity index (χ1v) is 6.11. The summed E-state index contributed by atoms with van der Waals surface area (Å²) in [5.41, 5.74) is 9.33. The van der Waals surface area contributed by atoms with Crippen LogP contribution in [0, 0.1) is 0 Å². The molecule has 0 atom stereocenters. The Kier molecular flexibility index (Phi) is 3.09. The average Bonchev–Trinajstić information content (AvgIpc) is 2.94. The first-order chi connectivity index (χ1) is 9.78. The molecule has 0 unspecified atom stereocenters. The van der Waals surface area contributed by atoms with Crippen molar-refractivity contribution in [1.29, 1.82) is 0 Å². The fourth-order valence-electron chi connectivity index (χ4n) is 2.00. The lowest BCUT2D eigenvalue weighted by molar-refractivity contribution is 0.310. The number of methoxy groups -OCH3 is 1. The highest BCUT2D eigenvalue weighted by Gasteiger charge is 2.08. The molecule has 100 valence electrons. The normalized spacial score (nSPS) is 10.4. The molecule has 0 aliphatic rings. The molecular formula is C15H13N3O2. The van der Waals surface area contributed by atoms with Crippen LogP contribution in [0.4, 0.5) is 5.82 Å². The van der Waals surface area contributed by atoms with Crippen LogP contribution in [0.1, 0.15) is 0 Å². The summed E-state index contributed by atoms with van der Waals surface area (Å²) in [6, 6.07) is 15.8. The molecular weight excluding hydrogens is 254 g/mol. The number of benzene rings is 2. The van der Waals surface area contributed by atoms with Gasteiger partial charge in [0.15, 0.2) is 11.5 Å². The van der Waals surface area contributed by atoms with Gasteiger partial charge in [-0.25, -0.2) is 4.63 Å². The van der Waals surface area contributed by atoms with E-state index in [9.17, 15) is 0 Å². The lowest BCUT2D eigenvalue weighted by Gasteiger charge is -2.04. The number of anilines is 1. The number of nitrogens with two attached hydrogens (primary N) is 1. The maximum absolute atomic E-state index is 5.67. The molecule has 0 spiro atoms. The van der Waals surface area contributed by atoms with Crippen LogP contribution in [0.15, 0.2) is 53.2 Å². The molecule has 1 aromatic heterocycles. The van der Waals surface area contributed by atoms with Crippen molar-refractivity contribution >= 4 is 5.82 Å². The minimum absolute atomic E-state index is 0.294. The van der Waals surface area contributed by atoms with Crippen LogP contribution in [-0.4, -0.2) is 17.4 Å². The number of aromatic nitrogens is 2. The van der Waals surface area contributed by atoms with Gasteiger partial charge in [0.05, 0.1) is 7.11 Å². The molecule has 0 bridgehead atoms. The molecule has 3 rings (SSSR count). The number of nitrogens with zero attached hydrogens (tertiary/aromatic N) is 2. The highest BCUT2D eigenvalue weighted by Crippen LogP contribution is 2.27. The molecule has 0 saturated heterocycles. The van der Waals surface area contributed by atoms with Gasteiger partial charge in [-0.1, -0.05) is 36.4 Å². The quantitative estimate of drug-likeness (QED) is 0.789. The summed E-state index contributed by atoms with van der Waals surface area (Å²) in [6.45, 7) is 0. The Morgan fingerprint density at radius 3 is 1.90 bits per heavy atom. The Hall–Kier alpha value is -2.82.